The molecule has 3 heterocycles. The molecule has 2 aromatic heterocycles. The van der Waals surface area contributed by atoms with Gasteiger partial charge in [-0.1, -0.05) is 6.92 Å². The summed E-state index contributed by atoms with van der Waals surface area (Å²) in [5.41, 5.74) is 6.74. The number of aliphatic hydroxyl groups is 1. The van der Waals surface area contributed by atoms with Gasteiger partial charge < -0.3 is 20.1 Å². The van der Waals surface area contributed by atoms with E-state index in [4.69, 9.17) is 10.5 Å². The van der Waals surface area contributed by atoms with E-state index in [0.29, 0.717) is 11.0 Å². The minimum Gasteiger partial charge on any atom is -0.394 e. The molecule has 0 bridgehead atoms. The van der Waals surface area contributed by atoms with Gasteiger partial charge in [-0.25, -0.2) is 0 Å². The number of nitrogens with zero attached hydrogens (tertiary/aromatic N) is 2. The van der Waals surface area contributed by atoms with E-state index in [9.17, 15) is 9.90 Å². The molecule has 0 saturated carbocycles. The zero-order chi connectivity index (χ0) is 14.4. The number of aromatic nitrogens is 3. The molecule has 3 atom stereocenters. The lowest BCUT2D eigenvalue weighted by molar-refractivity contribution is -0.0292. The molecule has 1 fully saturated rings. The maximum atomic E-state index is 12.0. The highest BCUT2D eigenvalue weighted by atomic mass is 16.5. The first-order valence-corrected chi connectivity index (χ1v) is 6.64. The quantitative estimate of drug-likeness (QED) is 0.743. The monoisotopic (exact) mass is 278 g/mol. The molecule has 1 aliphatic heterocycles. The molecule has 0 spiro atoms. The van der Waals surface area contributed by atoms with E-state index in [1.165, 1.54) is 0 Å². The number of hydrogen-bond acceptors (Lipinski definition) is 5. The summed E-state index contributed by atoms with van der Waals surface area (Å²) in [7, 11) is 0. The maximum absolute atomic E-state index is 12.0. The summed E-state index contributed by atoms with van der Waals surface area (Å²) in [6.07, 6.45) is 2.22. The second kappa shape index (κ2) is 4.60. The molecule has 108 valence electrons. The Morgan fingerprint density at radius 3 is 3.05 bits per heavy atom. The number of nitrogens with one attached hydrogen (secondary N) is 1. The van der Waals surface area contributed by atoms with Crippen LogP contribution in [0.4, 0.5) is 5.95 Å². The van der Waals surface area contributed by atoms with E-state index in [2.05, 4.69) is 16.9 Å². The standard InChI is InChI=1S/C13H18N4O3/c1-6-3-8(5-18)20-12(6)17-4-7(2)9-10(17)15-13(14)16-11(9)19/h4,6,8,12,18H,3,5H2,1-2H3,(H3,14,15,16,19)/t6-,8-,12+/m0/s1. The molecule has 1 saturated heterocycles. The van der Waals surface area contributed by atoms with E-state index in [1.54, 1.807) is 0 Å². The van der Waals surface area contributed by atoms with E-state index in [-0.39, 0.29) is 36.4 Å². The molecule has 20 heavy (non-hydrogen) atoms. The number of fused-ring (bicyclic) bond motifs is 1. The Kier molecular flexibility index (Phi) is 3.02. The van der Waals surface area contributed by atoms with Crippen molar-refractivity contribution in [2.24, 2.45) is 5.92 Å². The van der Waals surface area contributed by atoms with E-state index >= 15 is 0 Å². The summed E-state index contributed by atoms with van der Waals surface area (Å²) < 4.78 is 7.67. The lowest BCUT2D eigenvalue weighted by Crippen LogP contribution is -2.17. The van der Waals surface area contributed by atoms with Crippen molar-refractivity contribution in [3.8, 4) is 0 Å². The minimum absolute atomic E-state index is 0.00479. The van der Waals surface area contributed by atoms with Crippen LogP contribution < -0.4 is 11.3 Å². The lowest BCUT2D eigenvalue weighted by Gasteiger charge is -2.18. The van der Waals surface area contributed by atoms with Crippen LogP contribution in [0.25, 0.3) is 11.0 Å². The van der Waals surface area contributed by atoms with Gasteiger partial charge in [-0.2, -0.15) is 4.98 Å². The van der Waals surface area contributed by atoms with E-state index < -0.39 is 0 Å². The molecule has 4 N–H and O–H groups in total. The fraction of sp³-hybridized carbons (Fsp3) is 0.538. The maximum Gasteiger partial charge on any atom is 0.262 e. The summed E-state index contributed by atoms with van der Waals surface area (Å²) in [5, 5.41) is 9.76. The number of aromatic amines is 1. The van der Waals surface area contributed by atoms with Gasteiger partial charge >= 0.3 is 0 Å². The molecular weight excluding hydrogens is 260 g/mol. The Balaban J connectivity index is 2.15. The third-order valence-electron chi connectivity index (χ3n) is 3.82. The Morgan fingerprint density at radius 2 is 2.40 bits per heavy atom. The number of nitrogens with two attached hydrogens (primary N) is 1. The molecule has 0 radical (unpaired) electrons. The van der Waals surface area contributed by atoms with Gasteiger partial charge in [0.2, 0.25) is 5.95 Å². The molecule has 0 aliphatic carbocycles. The van der Waals surface area contributed by atoms with Crippen molar-refractivity contribution in [3.63, 3.8) is 0 Å². The van der Waals surface area contributed by atoms with Crippen LogP contribution in [0.15, 0.2) is 11.0 Å². The summed E-state index contributed by atoms with van der Waals surface area (Å²) in [4.78, 5) is 18.7. The average molecular weight is 278 g/mol. The number of nitrogen functional groups attached to an aromatic ring is 1. The Morgan fingerprint density at radius 1 is 1.65 bits per heavy atom. The topological polar surface area (TPSA) is 106 Å². The summed E-state index contributed by atoms with van der Waals surface area (Å²) in [6, 6.07) is 0. The number of hydrogen-bond donors (Lipinski definition) is 3. The van der Waals surface area contributed by atoms with Gasteiger partial charge in [0, 0.05) is 12.1 Å². The molecule has 0 unspecified atom stereocenters. The first kappa shape index (κ1) is 13.1. The number of H-pyrrole nitrogens is 1. The first-order chi connectivity index (χ1) is 9.51. The highest BCUT2D eigenvalue weighted by Crippen LogP contribution is 2.36. The third-order valence-corrected chi connectivity index (χ3v) is 3.82. The van der Waals surface area contributed by atoms with Gasteiger partial charge in [0.15, 0.2) is 5.65 Å². The van der Waals surface area contributed by atoms with Crippen molar-refractivity contribution in [3.05, 3.63) is 22.1 Å². The number of aliphatic hydroxyl groups excluding tert-OH is 1. The fourth-order valence-corrected chi connectivity index (χ4v) is 2.92. The van der Waals surface area contributed by atoms with Crippen LogP contribution >= 0.6 is 0 Å². The number of ether oxygens (including phenoxy) is 1. The van der Waals surface area contributed by atoms with Gasteiger partial charge in [0.25, 0.3) is 5.56 Å². The van der Waals surface area contributed by atoms with Crippen molar-refractivity contribution in [1.82, 2.24) is 14.5 Å². The zero-order valence-corrected chi connectivity index (χ0v) is 11.5. The van der Waals surface area contributed by atoms with Gasteiger partial charge in [-0.15, -0.1) is 0 Å². The summed E-state index contributed by atoms with van der Waals surface area (Å²) in [5.74, 6) is 0.315. The van der Waals surface area contributed by atoms with Crippen LogP contribution in [-0.4, -0.2) is 32.4 Å². The number of aryl methyl sites for hydroxylation is 1. The summed E-state index contributed by atoms with van der Waals surface area (Å²) >= 11 is 0. The van der Waals surface area contributed by atoms with E-state index in [0.717, 1.165) is 12.0 Å². The van der Waals surface area contributed by atoms with Crippen LogP contribution in [0.3, 0.4) is 0 Å². The van der Waals surface area contributed by atoms with Gasteiger partial charge in [0.1, 0.15) is 6.23 Å². The predicted molar refractivity (Wildman–Crippen MR) is 74.3 cm³/mol. The normalized spacial score (nSPS) is 26.4. The van der Waals surface area contributed by atoms with Crippen LogP contribution in [0, 0.1) is 12.8 Å². The van der Waals surface area contributed by atoms with Gasteiger partial charge in [-0.3, -0.25) is 9.78 Å². The minimum atomic E-state index is -0.242. The molecular formula is C13H18N4O3. The van der Waals surface area contributed by atoms with Crippen LogP contribution in [-0.2, 0) is 4.74 Å². The molecule has 2 aromatic rings. The second-order valence-electron chi connectivity index (χ2n) is 5.41. The zero-order valence-electron chi connectivity index (χ0n) is 11.5. The molecule has 0 amide bonds. The Hall–Kier alpha value is -1.86. The van der Waals surface area contributed by atoms with Crippen LogP contribution in [0.5, 0.6) is 0 Å². The smallest absolute Gasteiger partial charge is 0.262 e. The molecule has 3 rings (SSSR count). The highest BCUT2D eigenvalue weighted by molar-refractivity contribution is 5.80. The fourth-order valence-electron chi connectivity index (χ4n) is 2.92. The van der Waals surface area contributed by atoms with Crippen molar-refractivity contribution < 1.29 is 9.84 Å². The molecule has 0 aromatic carbocycles. The summed E-state index contributed by atoms with van der Waals surface area (Å²) in [6.45, 7) is 3.91. The SMILES string of the molecule is Cc1cn([C@@H]2O[C@H](CO)C[C@@H]2C)c2nc(N)[nH]c(=O)c12. The second-order valence-corrected chi connectivity index (χ2v) is 5.41. The first-order valence-electron chi connectivity index (χ1n) is 6.64. The van der Waals surface area contributed by atoms with Gasteiger partial charge in [0.05, 0.1) is 18.1 Å². The van der Waals surface area contributed by atoms with Gasteiger partial charge in [-0.05, 0) is 18.9 Å². The van der Waals surface area contributed by atoms with Crippen molar-refractivity contribution in [1.29, 1.82) is 0 Å². The van der Waals surface area contributed by atoms with Crippen molar-refractivity contribution in [2.75, 3.05) is 12.3 Å². The average Bonchev–Trinajstić information content (AvgIpc) is 2.90. The number of rotatable bonds is 2. The van der Waals surface area contributed by atoms with Crippen LogP contribution in [0.2, 0.25) is 0 Å². The highest BCUT2D eigenvalue weighted by Gasteiger charge is 2.34. The largest absolute Gasteiger partial charge is 0.394 e. The predicted octanol–water partition coefficient (Wildman–Crippen LogP) is 0.531. The van der Waals surface area contributed by atoms with Crippen molar-refractivity contribution >= 4 is 17.0 Å². The lowest BCUT2D eigenvalue weighted by atomic mass is 10.1. The van der Waals surface area contributed by atoms with E-state index in [1.807, 2.05) is 17.7 Å². The molecule has 1 aliphatic rings. The third kappa shape index (κ3) is 1.90. The molecule has 7 heteroatoms. The Bertz CT molecular complexity index is 705. The van der Waals surface area contributed by atoms with Crippen molar-refractivity contribution in [2.45, 2.75) is 32.6 Å². The Labute approximate surface area is 115 Å². The number of anilines is 1. The van der Waals surface area contributed by atoms with Crippen LogP contribution in [0.1, 0.15) is 25.1 Å². The molecule has 7 nitrogen and oxygen atoms in total.